The summed E-state index contributed by atoms with van der Waals surface area (Å²) in [6.07, 6.45) is 7.48. The highest BCUT2D eigenvalue weighted by Gasteiger charge is 2.30. The Morgan fingerprint density at radius 1 is 1.05 bits per heavy atom. The predicted octanol–water partition coefficient (Wildman–Crippen LogP) is 4.70. The fraction of sp³-hybridized carbons (Fsp3) is 0.321. The monoisotopic (exact) mass is 495 g/mol. The van der Waals surface area contributed by atoms with Crippen molar-refractivity contribution in [2.24, 2.45) is 5.92 Å². The van der Waals surface area contributed by atoms with Gasteiger partial charge in [0.2, 0.25) is 17.7 Å². The van der Waals surface area contributed by atoms with Crippen LogP contribution in [0.3, 0.4) is 0 Å². The highest BCUT2D eigenvalue weighted by atomic mass is 16.5. The highest BCUT2D eigenvalue weighted by molar-refractivity contribution is 6.05. The van der Waals surface area contributed by atoms with Crippen molar-refractivity contribution >= 4 is 28.3 Å². The van der Waals surface area contributed by atoms with Gasteiger partial charge in [0.15, 0.2) is 0 Å². The van der Waals surface area contributed by atoms with Gasteiger partial charge in [-0.05, 0) is 62.9 Å². The number of hydrogen-bond donors (Lipinski definition) is 3. The van der Waals surface area contributed by atoms with E-state index < -0.39 is 0 Å². The number of amides is 1. The number of hydrogen-bond acceptors (Lipinski definition) is 8. The van der Waals surface area contributed by atoms with Crippen LogP contribution in [0.1, 0.15) is 31.2 Å². The Hall–Kier alpha value is -4.11. The van der Waals surface area contributed by atoms with Crippen LogP contribution in [0.25, 0.3) is 22.0 Å². The molecule has 1 saturated carbocycles. The molecule has 2 aromatic heterocycles. The van der Waals surface area contributed by atoms with Gasteiger partial charge in [-0.3, -0.25) is 4.79 Å². The lowest BCUT2D eigenvalue weighted by atomic mass is 10.0. The smallest absolute Gasteiger partial charge is 0.248 e. The summed E-state index contributed by atoms with van der Waals surface area (Å²) in [5.74, 6) is 1.80. The third-order valence-corrected chi connectivity index (χ3v) is 6.86. The Bertz CT molecular complexity index is 1450. The van der Waals surface area contributed by atoms with E-state index >= 15 is 0 Å². The molecule has 9 nitrogen and oxygen atoms in total. The van der Waals surface area contributed by atoms with Crippen LogP contribution in [0, 0.1) is 12.8 Å². The van der Waals surface area contributed by atoms with E-state index in [9.17, 15) is 4.79 Å². The maximum absolute atomic E-state index is 12.4. The Labute approximate surface area is 215 Å². The molecule has 37 heavy (non-hydrogen) atoms. The number of nitrogens with one attached hydrogen (secondary N) is 3. The first kappa shape index (κ1) is 23.3. The molecule has 1 aliphatic carbocycles. The van der Waals surface area contributed by atoms with Crippen LogP contribution in [0.5, 0.6) is 11.6 Å². The Balaban J connectivity index is 1.32. The fourth-order valence-corrected chi connectivity index (χ4v) is 4.69. The number of piperidine rings is 1. The van der Waals surface area contributed by atoms with E-state index in [0.29, 0.717) is 29.3 Å². The van der Waals surface area contributed by atoms with Gasteiger partial charge in [0.1, 0.15) is 5.75 Å². The molecule has 1 aliphatic heterocycles. The van der Waals surface area contributed by atoms with E-state index in [1.165, 1.54) is 0 Å². The molecule has 1 amide bonds. The van der Waals surface area contributed by atoms with Crippen molar-refractivity contribution in [1.29, 1.82) is 0 Å². The van der Waals surface area contributed by atoms with Crippen molar-refractivity contribution in [3.8, 4) is 22.9 Å². The van der Waals surface area contributed by atoms with Gasteiger partial charge in [0.25, 0.3) is 0 Å². The first-order chi connectivity index (χ1) is 18.2. The first-order valence-corrected chi connectivity index (χ1v) is 12.8. The number of fused-ring (bicyclic) bond motifs is 1. The number of rotatable bonds is 7. The van der Waals surface area contributed by atoms with Crippen LogP contribution < -0.4 is 20.7 Å². The van der Waals surface area contributed by atoms with Gasteiger partial charge >= 0.3 is 0 Å². The number of anilines is 2. The summed E-state index contributed by atoms with van der Waals surface area (Å²) in [6, 6.07) is 13.8. The van der Waals surface area contributed by atoms with Gasteiger partial charge < -0.3 is 20.7 Å². The second kappa shape index (κ2) is 10.1. The molecule has 2 aliphatic rings. The second-order valence-electron chi connectivity index (χ2n) is 9.68. The van der Waals surface area contributed by atoms with E-state index in [-0.39, 0.29) is 11.8 Å². The molecule has 9 heteroatoms. The maximum atomic E-state index is 12.4. The normalized spacial score (nSPS) is 17.4. The molecule has 188 valence electrons. The summed E-state index contributed by atoms with van der Waals surface area (Å²) >= 11 is 0. The van der Waals surface area contributed by atoms with Crippen LogP contribution in [0.15, 0.2) is 54.9 Å². The number of carbonyl (C=O) groups is 1. The van der Waals surface area contributed by atoms with Crippen LogP contribution in [0.4, 0.5) is 11.6 Å². The first-order valence-electron chi connectivity index (χ1n) is 12.8. The van der Waals surface area contributed by atoms with Gasteiger partial charge in [-0.25, -0.2) is 9.97 Å². The van der Waals surface area contributed by atoms with Crippen molar-refractivity contribution in [3.05, 3.63) is 60.4 Å². The molecule has 1 unspecified atom stereocenters. The standard InChI is InChI=1S/C28H29N7O2/c1-17-7-10-20-21(5-2-6-23(20)33-26(36)18-8-9-18)25(17)37-27-22(11-15-31-35-27)24-12-14-30-28(34-24)32-19-4-3-13-29-16-19/h2,5-7,10-12,14-15,18-19,29H,3-4,8-9,13,16H2,1H3,(H,33,36)(H,30,32,34). The number of aromatic nitrogens is 4. The molecule has 0 bridgehead atoms. The third kappa shape index (κ3) is 5.08. The molecule has 2 aromatic carbocycles. The maximum Gasteiger partial charge on any atom is 0.248 e. The van der Waals surface area contributed by atoms with E-state index in [1.807, 2.05) is 49.4 Å². The number of benzene rings is 2. The molecule has 3 heterocycles. The minimum Gasteiger partial charge on any atom is -0.436 e. The minimum absolute atomic E-state index is 0.0731. The number of ether oxygens (including phenoxy) is 1. The summed E-state index contributed by atoms with van der Waals surface area (Å²) in [7, 11) is 0. The molecule has 1 saturated heterocycles. The second-order valence-corrected chi connectivity index (χ2v) is 9.68. The molecule has 3 N–H and O–H groups in total. The molecule has 4 aromatic rings. The minimum atomic E-state index is 0.0731. The highest BCUT2D eigenvalue weighted by Crippen LogP contribution is 2.39. The van der Waals surface area contributed by atoms with Crippen LogP contribution in [0.2, 0.25) is 0 Å². The average Bonchev–Trinajstić information content (AvgIpc) is 3.77. The van der Waals surface area contributed by atoms with E-state index in [4.69, 9.17) is 9.72 Å². The number of aryl methyl sites for hydroxylation is 1. The van der Waals surface area contributed by atoms with Crippen LogP contribution >= 0.6 is 0 Å². The summed E-state index contributed by atoms with van der Waals surface area (Å²) in [5.41, 5.74) is 3.14. The molecular weight excluding hydrogens is 466 g/mol. The van der Waals surface area contributed by atoms with Crippen LogP contribution in [-0.4, -0.2) is 45.2 Å². The molecule has 6 rings (SSSR count). The Morgan fingerprint density at radius 3 is 2.81 bits per heavy atom. The summed E-state index contributed by atoms with van der Waals surface area (Å²) in [6.45, 7) is 3.93. The van der Waals surface area contributed by atoms with Crippen molar-refractivity contribution < 1.29 is 9.53 Å². The van der Waals surface area contributed by atoms with Crippen molar-refractivity contribution in [3.63, 3.8) is 0 Å². The lowest BCUT2D eigenvalue weighted by molar-refractivity contribution is -0.117. The van der Waals surface area contributed by atoms with Gasteiger partial charge in [-0.1, -0.05) is 24.3 Å². The third-order valence-electron chi connectivity index (χ3n) is 6.86. The Morgan fingerprint density at radius 2 is 1.97 bits per heavy atom. The lowest BCUT2D eigenvalue weighted by Crippen LogP contribution is -2.38. The molecule has 0 radical (unpaired) electrons. The topological polar surface area (TPSA) is 114 Å². The van der Waals surface area contributed by atoms with Gasteiger partial charge in [0, 0.05) is 41.2 Å². The number of carbonyl (C=O) groups excluding carboxylic acids is 1. The fourth-order valence-electron chi connectivity index (χ4n) is 4.69. The van der Waals surface area contributed by atoms with E-state index in [1.54, 1.807) is 12.4 Å². The van der Waals surface area contributed by atoms with E-state index in [0.717, 1.165) is 66.4 Å². The summed E-state index contributed by atoms with van der Waals surface area (Å²) in [5, 5.41) is 20.1. The quantitative estimate of drug-likeness (QED) is 0.338. The average molecular weight is 496 g/mol. The van der Waals surface area contributed by atoms with Crippen molar-refractivity contribution in [1.82, 2.24) is 25.5 Å². The molecule has 1 atom stereocenters. The van der Waals surface area contributed by atoms with Crippen molar-refractivity contribution in [2.75, 3.05) is 23.7 Å². The summed E-state index contributed by atoms with van der Waals surface area (Å²) in [4.78, 5) is 21.6. The molecule has 2 fully saturated rings. The molecular formula is C28H29N7O2. The zero-order chi connectivity index (χ0) is 25.2. The van der Waals surface area contributed by atoms with Crippen molar-refractivity contribution in [2.45, 2.75) is 38.6 Å². The van der Waals surface area contributed by atoms with Gasteiger partial charge in [-0.2, -0.15) is 5.10 Å². The van der Waals surface area contributed by atoms with Crippen LogP contribution in [-0.2, 0) is 4.79 Å². The SMILES string of the molecule is Cc1ccc2c(NC(=O)C3CC3)cccc2c1Oc1nnccc1-c1ccnc(NC2CCCNC2)n1. The predicted molar refractivity (Wildman–Crippen MR) is 143 cm³/mol. The number of nitrogens with zero attached hydrogens (tertiary/aromatic N) is 4. The summed E-state index contributed by atoms with van der Waals surface area (Å²) < 4.78 is 6.44. The Kier molecular flexibility index (Phi) is 6.36. The van der Waals surface area contributed by atoms with Gasteiger partial charge in [0.05, 0.1) is 17.5 Å². The zero-order valence-corrected chi connectivity index (χ0v) is 20.7. The lowest BCUT2D eigenvalue weighted by Gasteiger charge is -2.23. The zero-order valence-electron chi connectivity index (χ0n) is 20.7. The van der Waals surface area contributed by atoms with Gasteiger partial charge in [-0.15, -0.1) is 5.10 Å². The van der Waals surface area contributed by atoms with E-state index in [2.05, 4.69) is 31.1 Å². The largest absolute Gasteiger partial charge is 0.436 e. The molecule has 0 spiro atoms.